The number of phenolic OH excluding ortho intramolecular Hbond substituents is 1. The number of phenols is 1. The minimum absolute atomic E-state index is 0.0726. The maximum absolute atomic E-state index is 11.3. The van der Waals surface area contributed by atoms with Gasteiger partial charge < -0.3 is 14.6 Å². The summed E-state index contributed by atoms with van der Waals surface area (Å²) in [7, 11) is 2.91. The number of carbonyl (C=O) groups excluding carboxylic acids is 1. The first-order chi connectivity index (χ1) is 9.63. The topological polar surface area (TPSA) is 55.8 Å². The Morgan fingerprint density at radius 3 is 2.45 bits per heavy atom. The molecule has 2 aromatic rings. The summed E-state index contributed by atoms with van der Waals surface area (Å²) in [4.78, 5) is 11.3. The fourth-order valence-electron chi connectivity index (χ4n) is 2.03. The van der Waals surface area contributed by atoms with Gasteiger partial charge in [-0.2, -0.15) is 0 Å². The van der Waals surface area contributed by atoms with Crippen LogP contribution in [0.25, 0.3) is 11.1 Å². The van der Waals surface area contributed by atoms with E-state index in [9.17, 15) is 9.90 Å². The van der Waals surface area contributed by atoms with Crippen molar-refractivity contribution >= 4 is 17.9 Å². The maximum Gasteiger partial charge on any atom is 0.179 e. The second-order valence-electron chi connectivity index (χ2n) is 4.02. The number of ether oxygens (including phenoxy) is 2. The van der Waals surface area contributed by atoms with Crippen molar-refractivity contribution in [3.05, 3.63) is 40.9 Å². The molecule has 0 amide bonds. The van der Waals surface area contributed by atoms with Crippen LogP contribution in [0.15, 0.2) is 30.3 Å². The number of hydrogen-bond acceptors (Lipinski definition) is 4. The van der Waals surface area contributed by atoms with Crippen LogP contribution < -0.4 is 9.47 Å². The highest BCUT2D eigenvalue weighted by molar-refractivity contribution is 6.35. The van der Waals surface area contributed by atoms with E-state index < -0.39 is 0 Å². The fourth-order valence-corrected chi connectivity index (χ4v) is 2.35. The monoisotopic (exact) mass is 292 g/mol. The molecule has 0 saturated heterocycles. The number of aromatic hydroxyl groups is 1. The average Bonchev–Trinajstić information content (AvgIpc) is 2.47. The van der Waals surface area contributed by atoms with E-state index in [-0.39, 0.29) is 22.1 Å². The van der Waals surface area contributed by atoms with E-state index in [1.807, 2.05) is 12.1 Å². The van der Waals surface area contributed by atoms with Gasteiger partial charge in [0.2, 0.25) is 0 Å². The van der Waals surface area contributed by atoms with E-state index in [1.54, 1.807) is 12.1 Å². The predicted octanol–water partition coefficient (Wildman–Crippen LogP) is 3.54. The molecule has 0 saturated carbocycles. The van der Waals surface area contributed by atoms with Gasteiger partial charge in [0.15, 0.2) is 17.8 Å². The molecule has 20 heavy (non-hydrogen) atoms. The normalized spacial score (nSPS) is 10.2. The molecule has 4 nitrogen and oxygen atoms in total. The van der Waals surface area contributed by atoms with E-state index in [4.69, 9.17) is 21.1 Å². The molecule has 1 N–H and O–H groups in total. The lowest BCUT2D eigenvalue weighted by atomic mass is 9.98. The van der Waals surface area contributed by atoms with E-state index in [0.29, 0.717) is 23.2 Å². The third-order valence-corrected chi connectivity index (χ3v) is 3.33. The average molecular weight is 293 g/mol. The number of carbonyl (C=O) groups is 1. The van der Waals surface area contributed by atoms with Crippen LogP contribution in [0, 0.1) is 0 Å². The van der Waals surface area contributed by atoms with Crippen molar-refractivity contribution in [1.29, 1.82) is 0 Å². The molecule has 0 aliphatic carbocycles. The standard InChI is InChI=1S/C15H13ClO4/c1-19-13-6-4-3-5-9(13)10-7-12(18)15(20-2)14(16)11(10)8-17/h3-8,18H,1-2H3. The number of rotatable bonds is 4. The van der Waals surface area contributed by atoms with Gasteiger partial charge in [0, 0.05) is 16.7 Å². The second kappa shape index (κ2) is 5.84. The van der Waals surface area contributed by atoms with Gasteiger partial charge in [0.25, 0.3) is 0 Å². The number of para-hydroxylation sites is 1. The van der Waals surface area contributed by atoms with Gasteiger partial charge in [-0.1, -0.05) is 29.8 Å². The van der Waals surface area contributed by atoms with Crippen molar-refractivity contribution in [2.24, 2.45) is 0 Å². The van der Waals surface area contributed by atoms with Crippen LogP contribution in [0.3, 0.4) is 0 Å². The lowest BCUT2D eigenvalue weighted by molar-refractivity contribution is 0.112. The van der Waals surface area contributed by atoms with Gasteiger partial charge in [0.05, 0.1) is 19.2 Å². The predicted molar refractivity (Wildman–Crippen MR) is 77.0 cm³/mol. The molecule has 0 spiro atoms. The Morgan fingerprint density at radius 2 is 1.85 bits per heavy atom. The molecule has 0 radical (unpaired) electrons. The fraction of sp³-hybridized carbons (Fsp3) is 0.133. The molecular formula is C15H13ClO4. The molecule has 0 unspecified atom stereocenters. The lowest BCUT2D eigenvalue weighted by Gasteiger charge is -2.14. The summed E-state index contributed by atoms with van der Waals surface area (Å²) < 4.78 is 10.3. The molecule has 0 bridgehead atoms. The second-order valence-corrected chi connectivity index (χ2v) is 4.40. The minimum Gasteiger partial charge on any atom is -0.504 e. The van der Waals surface area contributed by atoms with Gasteiger partial charge in [-0.15, -0.1) is 0 Å². The molecule has 5 heteroatoms. The van der Waals surface area contributed by atoms with Crippen LogP contribution >= 0.6 is 11.6 Å². The van der Waals surface area contributed by atoms with E-state index in [2.05, 4.69) is 0 Å². The molecule has 0 aliphatic heterocycles. The Balaban J connectivity index is 2.77. The highest BCUT2D eigenvalue weighted by Crippen LogP contribution is 2.43. The molecule has 104 valence electrons. The van der Waals surface area contributed by atoms with Crippen molar-refractivity contribution in [2.45, 2.75) is 0 Å². The molecule has 0 heterocycles. The van der Waals surface area contributed by atoms with Crippen molar-refractivity contribution in [3.63, 3.8) is 0 Å². The summed E-state index contributed by atoms with van der Waals surface area (Å²) in [5.74, 6) is 0.521. The number of hydrogen-bond donors (Lipinski definition) is 1. The number of halogens is 1. The SMILES string of the molecule is COc1ccccc1-c1cc(O)c(OC)c(Cl)c1C=O. The van der Waals surface area contributed by atoms with E-state index in [1.165, 1.54) is 20.3 Å². The molecular weight excluding hydrogens is 280 g/mol. The Labute approximate surface area is 121 Å². The summed E-state index contributed by atoms with van der Waals surface area (Å²) >= 11 is 6.11. The highest BCUT2D eigenvalue weighted by atomic mass is 35.5. The first kappa shape index (κ1) is 14.2. The molecule has 2 rings (SSSR count). The summed E-state index contributed by atoms with van der Waals surface area (Å²) in [6.45, 7) is 0. The summed E-state index contributed by atoms with van der Waals surface area (Å²) in [6.07, 6.45) is 0.631. The molecule has 0 aliphatic rings. The van der Waals surface area contributed by atoms with Gasteiger partial charge in [-0.25, -0.2) is 0 Å². The van der Waals surface area contributed by atoms with Crippen molar-refractivity contribution < 1.29 is 19.4 Å². The van der Waals surface area contributed by atoms with Crippen LogP contribution in [0.2, 0.25) is 5.02 Å². The van der Waals surface area contributed by atoms with E-state index >= 15 is 0 Å². The Hall–Kier alpha value is -2.20. The number of benzene rings is 2. The van der Waals surface area contributed by atoms with Crippen molar-refractivity contribution in [1.82, 2.24) is 0 Å². The summed E-state index contributed by atoms with van der Waals surface area (Å²) in [5.41, 5.74) is 1.39. The van der Waals surface area contributed by atoms with Gasteiger partial charge in [0.1, 0.15) is 5.75 Å². The smallest absolute Gasteiger partial charge is 0.179 e. The Bertz CT molecular complexity index is 653. The molecule has 0 atom stereocenters. The highest BCUT2D eigenvalue weighted by Gasteiger charge is 2.19. The Morgan fingerprint density at radius 1 is 1.15 bits per heavy atom. The van der Waals surface area contributed by atoms with Crippen molar-refractivity contribution in [2.75, 3.05) is 14.2 Å². The molecule has 2 aromatic carbocycles. The van der Waals surface area contributed by atoms with Crippen LogP contribution in [0.4, 0.5) is 0 Å². The van der Waals surface area contributed by atoms with Crippen LogP contribution in [-0.2, 0) is 0 Å². The third kappa shape index (κ3) is 2.30. The van der Waals surface area contributed by atoms with Gasteiger partial charge >= 0.3 is 0 Å². The van der Waals surface area contributed by atoms with Gasteiger partial charge in [-0.3, -0.25) is 4.79 Å². The van der Waals surface area contributed by atoms with E-state index in [0.717, 1.165) is 0 Å². The number of methoxy groups -OCH3 is 2. The summed E-state index contributed by atoms with van der Waals surface area (Å²) in [5, 5.41) is 10.0. The van der Waals surface area contributed by atoms with Crippen LogP contribution in [0.5, 0.6) is 17.2 Å². The third-order valence-electron chi connectivity index (χ3n) is 2.96. The Kier molecular flexibility index (Phi) is 4.15. The minimum atomic E-state index is -0.135. The zero-order chi connectivity index (χ0) is 14.7. The largest absolute Gasteiger partial charge is 0.504 e. The first-order valence-corrected chi connectivity index (χ1v) is 6.19. The zero-order valence-electron chi connectivity index (χ0n) is 11.0. The quantitative estimate of drug-likeness (QED) is 0.876. The maximum atomic E-state index is 11.3. The molecule has 0 aromatic heterocycles. The van der Waals surface area contributed by atoms with Crippen LogP contribution in [-0.4, -0.2) is 25.6 Å². The van der Waals surface area contributed by atoms with Gasteiger partial charge in [-0.05, 0) is 12.1 Å². The first-order valence-electron chi connectivity index (χ1n) is 5.82. The zero-order valence-corrected chi connectivity index (χ0v) is 11.8. The molecule has 0 fully saturated rings. The summed E-state index contributed by atoms with van der Waals surface area (Å²) in [6, 6.07) is 8.60. The number of aldehydes is 1. The van der Waals surface area contributed by atoms with Crippen molar-refractivity contribution in [3.8, 4) is 28.4 Å². The van der Waals surface area contributed by atoms with Crippen LogP contribution in [0.1, 0.15) is 10.4 Å². The lowest BCUT2D eigenvalue weighted by Crippen LogP contribution is -1.96.